The van der Waals surface area contributed by atoms with E-state index in [-0.39, 0.29) is 5.56 Å². The molecule has 1 fully saturated rings. The second-order valence-electron chi connectivity index (χ2n) is 3.48. The monoisotopic (exact) mass is 195 g/mol. The van der Waals surface area contributed by atoms with Crippen LogP contribution in [0.15, 0.2) is 12.1 Å². The lowest BCUT2D eigenvalue weighted by Crippen LogP contribution is -2.06. The summed E-state index contributed by atoms with van der Waals surface area (Å²) in [6.45, 7) is 0. The van der Waals surface area contributed by atoms with Gasteiger partial charge in [0, 0.05) is 12.1 Å². The van der Waals surface area contributed by atoms with Crippen LogP contribution in [0.2, 0.25) is 0 Å². The van der Waals surface area contributed by atoms with Crippen molar-refractivity contribution in [2.24, 2.45) is 0 Å². The number of nitrogens with zero attached hydrogens (tertiary/aromatic N) is 1. The average molecular weight is 195 g/mol. The van der Waals surface area contributed by atoms with Gasteiger partial charge in [-0.15, -0.1) is 0 Å². The van der Waals surface area contributed by atoms with Gasteiger partial charge >= 0.3 is 0 Å². The van der Waals surface area contributed by atoms with E-state index < -0.39 is 22.8 Å². The number of hydrogen-bond acceptors (Lipinski definition) is 2. The zero-order valence-corrected chi connectivity index (χ0v) is 7.22. The van der Waals surface area contributed by atoms with Crippen LogP contribution in [0, 0.1) is 23.0 Å². The second-order valence-corrected chi connectivity index (χ2v) is 3.48. The maximum absolute atomic E-state index is 13.3. The molecule has 1 aromatic rings. The van der Waals surface area contributed by atoms with Gasteiger partial charge < -0.3 is 5.11 Å². The van der Waals surface area contributed by atoms with Gasteiger partial charge in [0.05, 0.1) is 17.0 Å². The van der Waals surface area contributed by atoms with Gasteiger partial charge in [0.2, 0.25) is 0 Å². The van der Waals surface area contributed by atoms with Crippen molar-refractivity contribution < 1.29 is 13.9 Å². The molecule has 72 valence electrons. The van der Waals surface area contributed by atoms with E-state index in [2.05, 4.69) is 0 Å². The van der Waals surface area contributed by atoms with Crippen LogP contribution in [-0.4, -0.2) is 5.11 Å². The number of nitriles is 1. The lowest BCUT2D eigenvalue weighted by molar-refractivity contribution is 0.445. The molecule has 14 heavy (non-hydrogen) atoms. The third-order valence-electron chi connectivity index (χ3n) is 2.48. The zero-order valence-electron chi connectivity index (χ0n) is 7.22. The quantitative estimate of drug-likeness (QED) is 0.746. The van der Waals surface area contributed by atoms with E-state index in [1.165, 1.54) is 0 Å². The standard InChI is InChI=1S/C10H7F2NO/c11-6-3-7(12)9(8(14)4-6)10(5-13)1-2-10/h3-4,14H,1-2H2. The highest BCUT2D eigenvalue weighted by Crippen LogP contribution is 2.51. The third-order valence-corrected chi connectivity index (χ3v) is 2.48. The molecule has 1 saturated carbocycles. The summed E-state index contributed by atoms with van der Waals surface area (Å²) in [4.78, 5) is 0. The predicted octanol–water partition coefficient (Wildman–Crippen LogP) is 2.23. The number of rotatable bonds is 1. The molecular weight excluding hydrogens is 188 g/mol. The summed E-state index contributed by atoms with van der Waals surface area (Å²) in [6.07, 6.45) is 1.03. The van der Waals surface area contributed by atoms with Gasteiger partial charge in [0.1, 0.15) is 17.4 Å². The molecule has 0 unspecified atom stereocenters. The highest BCUT2D eigenvalue weighted by atomic mass is 19.1. The van der Waals surface area contributed by atoms with Crippen LogP contribution in [-0.2, 0) is 5.41 Å². The van der Waals surface area contributed by atoms with Gasteiger partial charge in [0.15, 0.2) is 0 Å². The van der Waals surface area contributed by atoms with Crippen LogP contribution in [0.25, 0.3) is 0 Å². The van der Waals surface area contributed by atoms with Crippen molar-refractivity contribution in [3.8, 4) is 11.8 Å². The summed E-state index contributed by atoms with van der Waals surface area (Å²) in [5.74, 6) is -2.15. The molecule has 2 rings (SSSR count). The molecule has 0 aromatic heterocycles. The van der Waals surface area contributed by atoms with E-state index in [1.54, 1.807) is 0 Å². The maximum atomic E-state index is 13.3. The maximum Gasteiger partial charge on any atom is 0.134 e. The van der Waals surface area contributed by atoms with Crippen LogP contribution in [0.3, 0.4) is 0 Å². The Bertz CT molecular complexity index is 409. The fourth-order valence-electron chi connectivity index (χ4n) is 1.58. The van der Waals surface area contributed by atoms with Crippen LogP contribution < -0.4 is 0 Å². The summed E-state index contributed by atoms with van der Waals surface area (Å²) in [5.41, 5.74) is -0.997. The second kappa shape index (κ2) is 2.68. The minimum absolute atomic E-state index is 0.0681. The van der Waals surface area contributed by atoms with Crippen molar-refractivity contribution in [3.63, 3.8) is 0 Å². The predicted molar refractivity (Wildman–Crippen MR) is 44.5 cm³/mol. The van der Waals surface area contributed by atoms with E-state index in [9.17, 15) is 13.9 Å². The van der Waals surface area contributed by atoms with Crippen molar-refractivity contribution >= 4 is 0 Å². The van der Waals surface area contributed by atoms with E-state index in [0.717, 1.165) is 6.07 Å². The van der Waals surface area contributed by atoms with Gasteiger partial charge in [-0.05, 0) is 12.8 Å². The molecule has 0 spiro atoms. The highest BCUT2D eigenvalue weighted by Gasteiger charge is 2.48. The summed E-state index contributed by atoms with van der Waals surface area (Å²) >= 11 is 0. The number of halogens is 2. The average Bonchev–Trinajstić information content (AvgIpc) is 2.83. The summed E-state index contributed by atoms with van der Waals surface area (Å²) in [5, 5.41) is 18.2. The molecule has 1 aliphatic rings. The molecule has 0 heterocycles. The summed E-state index contributed by atoms with van der Waals surface area (Å²) in [7, 11) is 0. The SMILES string of the molecule is N#CC1(c2c(O)cc(F)cc2F)CC1. The van der Waals surface area contributed by atoms with Crippen molar-refractivity contribution in [1.82, 2.24) is 0 Å². The Morgan fingerprint density at radius 2 is 2.00 bits per heavy atom. The Labute approximate surface area is 79.4 Å². The molecule has 0 saturated heterocycles. The summed E-state index contributed by atoms with van der Waals surface area (Å²) in [6, 6.07) is 3.46. The molecule has 2 nitrogen and oxygen atoms in total. The molecular formula is C10H7F2NO. The van der Waals surface area contributed by atoms with E-state index in [0.29, 0.717) is 18.9 Å². The van der Waals surface area contributed by atoms with Crippen LogP contribution in [0.5, 0.6) is 5.75 Å². The fraction of sp³-hybridized carbons (Fsp3) is 0.300. The molecule has 1 aromatic carbocycles. The number of benzene rings is 1. The molecule has 0 atom stereocenters. The first-order valence-electron chi connectivity index (χ1n) is 4.19. The van der Waals surface area contributed by atoms with Crippen molar-refractivity contribution in [3.05, 3.63) is 29.3 Å². The van der Waals surface area contributed by atoms with Gasteiger partial charge in [-0.2, -0.15) is 5.26 Å². The zero-order chi connectivity index (χ0) is 10.3. The minimum atomic E-state index is -0.929. The molecule has 0 bridgehead atoms. The lowest BCUT2D eigenvalue weighted by atomic mass is 9.96. The van der Waals surface area contributed by atoms with Crippen molar-refractivity contribution in [1.29, 1.82) is 5.26 Å². The smallest absolute Gasteiger partial charge is 0.134 e. The highest BCUT2D eigenvalue weighted by molar-refractivity contribution is 5.48. The largest absolute Gasteiger partial charge is 0.507 e. The van der Waals surface area contributed by atoms with E-state index >= 15 is 0 Å². The van der Waals surface area contributed by atoms with Crippen molar-refractivity contribution in [2.75, 3.05) is 0 Å². The minimum Gasteiger partial charge on any atom is -0.507 e. The first-order valence-corrected chi connectivity index (χ1v) is 4.19. The number of hydrogen-bond donors (Lipinski definition) is 1. The lowest BCUT2D eigenvalue weighted by Gasteiger charge is -2.09. The summed E-state index contributed by atoms with van der Waals surface area (Å²) < 4.78 is 25.9. The van der Waals surface area contributed by atoms with Gasteiger partial charge in [-0.1, -0.05) is 0 Å². The van der Waals surface area contributed by atoms with Crippen molar-refractivity contribution in [2.45, 2.75) is 18.3 Å². The normalized spacial score (nSPS) is 17.5. The fourth-order valence-corrected chi connectivity index (χ4v) is 1.58. The van der Waals surface area contributed by atoms with Gasteiger partial charge in [-0.3, -0.25) is 0 Å². The molecule has 0 amide bonds. The van der Waals surface area contributed by atoms with Crippen LogP contribution in [0.1, 0.15) is 18.4 Å². The third kappa shape index (κ3) is 1.13. The molecule has 1 aliphatic carbocycles. The first kappa shape index (κ1) is 8.95. The van der Waals surface area contributed by atoms with Crippen LogP contribution in [0.4, 0.5) is 8.78 Å². The Morgan fingerprint density at radius 1 is 1.36 bits per heavy atom. The number of aromatic hydroxyl groups is 1. The van der Waals surface area contributed by atoms with Gasteiger partial charge in [-0.25, -0.2) is 8.78 Å². The Balaban J connectivity index is 2.60. The molecule has 0 radical (unpaired) electrons. The van der Waals surface area contributed by atoms with Crippen LogP contribution >= 0.6 is 0 Å². The molecule has 0 aliphatic heterocycles. The molecule has 1 N–H and O–H groups in total. The Morgan fingerprint density at radius 3 is 2.43 bits per heavy atom. The number of phenolic OH excluding ortho intramolecular Hbond substituents is 1. The van der Waals surface area contributed by atoms with E-state index in [1.807, 2.05) is 6.07 Å². The van der Waals surface area contributed by atoms with Gasteiger partial charge in [0.25, 0.3) is 0 Å². The Kier molecular flexibility index (Phi) is 1.71. The van der Waals surface area contributed by atoms with E-state index in [4.69, 9.17) is 5.26 Å². The molecule has 4 heteroatoms. The topological polar surface area (TPSA) is 44.0 Å². The first-order chi connectivity index (χ1) is 6.59. The Hall–Kier alpha value is -1.63. The number of phenols is 1.